The van der Waals surface area contributed by atoms with Crippen molar-refractivity contribution in [3.8, 4) is 0 Å². The Labute approximate surface area is 110 Å². The van der Waals surface area contributed by atoms with Crippen molar-refractivity contribution >= 4 is 11.8 Å². The zero-order valence-corrected chi connectivity index (χ0v) is 11.9. The van der Waals surface area contributed by atoms with Crippen molar-refractivity contribution in [2.24, 2.45) is 5.92 Å². The first kappa shape index (κ1) is 15.0. The van der Waals surface area contributed by atoms with Crippen LogP contribution in [0.3, 0.4) is 0 Å². The van der Waals surface area contributed by atoms with Crippen LogP contribution in [0, 0.1) is 5.92 Å². The van der Waals surface area contributed by atoms with Gasteiger partial charge in [-0.05, 0) is 18.8 Å². The number of amides is 2. The van der Waals surface area contributed by atoms with E-state index in [0.29, 0.717) is 18.9 Å². The minimum atomic E-state index is -0.307. The average Bonchev–Trinajstić information content (AvgIpc) is 2.44. The van der Waals surface area contributed by atoms with Gasteiger partial charge in [-0.25, -0.2) is 0 Å². The maximum atomic E-state index is 12.3. The second-order valence-corrected chi connectivity index (χ2v) is 5.34. The maximum absolute atomic E-state index is 12.3. The normalized spacial score (nSPS) is 22.6. The van der Waals surface area contributed by atoms with E-state index in [0.717, 1.165) is 32.2 Å². The maximum Gasteiger partial charge on any atom is 0.245 e. The van der Waals surface area contributed by atoms with Crippen LogP contribution in [-0.2, 0) is 9.59 Å². The van der Waals surface area contributed by atoms with Gasteiger partial charge in [0.05, 0.1) is 0 Å². The molecule has 2 atom stereocenters. The first-order valence-electron chi connectivity index (χ1n) is 7.16. The summed E-state index contributed by atoms with van der Waals surface area (Å²) in [4.78, 5) is 25.8. The molecule has 4 heteroatoms. The summed E-state index contributed by atoms with van der Waals surface area (Å²) < 4.78 is 0. The Bertz CT molecular complexity index is 292. The molecule has 0 aromatic heterocycles. The van der Waals surface area contributed by atoms with Gasteiger partial charge in [0.25, 0.3) is 0 Å². The third-order valence-corrected chi connectivity index (χ3v) is 3.44. The molecule has 0 spiro atoms. The van der Waals surface area contributed by atoms with Crippen molar-refractivity contribution in [1.82, 2.24) is 10.2 Å². The van der Waals surface area contributed by atoms with Gasteiger partial charge in [0.1, 0.15) is 6.04 Å². The van der Waals surface area contributed by atoms with Gasteiger partial charge in [0.15, 0.2) is 0 Å². The van der Waals surface area contributed by atoms with E-state index < -0.39 is 0 Å². The Hall–Kier alpha value is -1.06. The van der Waals surface area contributed by atoms with Crippen molar-refractivity contribution < 1.29 is 9.59 Å². The Balaban J connectivity index is 2.64. The van der Waals surface area contributed by atoms with Gasteiger partial charge in [-0.3, -0.25) is 9.59 Å². The smallest absolute Gasteiger partial charge is 0.245 e. The molecule has 1 rings (SSSR count). The standard InChI is InChI=1S/C14H26N2O2/c1-4-6-11(3)10-16-9-8-13(17)15-12(7-5-2)14(16)18/h11-12H,4-10H2,1-3H3,(H,15,17). The topological polar surface area (TPSA) is 49.4 Å². The number of nitrogens with one attached hydrogen (secondary N) is 1. The quantitative estimate of drug-likeness (QED) is 0.787. The van der Waals surface area contributed by atoms with Gasteiger partial charge in [-0.2, -0.15) is 0 Å². The van der Waals surface area contributed by atoms with Crippen LogP contribution in [0.5, 0.6) is 0 Å². The molecule has 1 aliphatic rings. The lowest BCUT2D eigenvalue weighted by molar-refractivity contribution is -0.134. The SMILES string of the molecule is CCCC(C)CN1CCC(=O)NC(CCC)C1=O. The molecule has 0 bridgehead atoms. The second-order valence-electron chi connectivity index (χ2n) is 5.34. The highest BCUT2D eigenvalue weighted by Crippen LogP contribution is 2.13. The van der Waals surface area contributed by atoms with E-state index in [9.17, 15) is 9.59 Å². The minimum Gasteiger partial charge on any atom is -0.344 e. The summed E-state index contributed by atoms with van der Waals surface area (Å²) in [6, 6.07) is -0.307. The molecule has 2 amide bonds. The molecule has 18 heavy (non-hydrogen) atoms. The summed E-state index contributed by atoms with van der Waals surface area (Å²) in [6.45, 7) is 7.71. The molecule has 1 aliphatic heterocycles. The fourth-order valence-corrected chi connectivity index (χ4v) is 2.52. The van der Waals surface area contributed by atoms with Gasteiger partial charge >= 0.3 is 0 Å². The highest BCUT2D eigenvalue weighted by molar-refractivity contribution is 5.89. The lowest BCUT2D eigenvalue weighted by Crippen LogP contribution is -2.45. The molecule has 1 saturated heterocycles. The summed E-state index contributed by atoms with van der Waals surface area (Å²) in [5, 5.41) is 2.83. The molecule has 0 aromatic rings. The van der Waals surface area contributed by atoms with Crippen LogP contribution in [0.15, 0.2) is 0 Å². The van der Waals surface area contributed by atoms with E-state index in [1.807, 2.05) is 11.8 Å². The molecule has 0 aromatic carbocycles. The van der Waals surface area contributed by atoms with Crippen LogP contribution >= 0.6 is 0 Å². The number of carbonyl (C=O) groups excluding carboxylic acids is 2. The summed E-state index contributed by atoms with van der Waals surface area (Å²) in [5.74, 6) is 0.618. The Morgan fingerprint density at radius 3 is 2.67 bits per heavy atom. The monoisotopic (exact) mass is 254 g/mol. The van der Waals surface area contributed by atoms with E-state index in [4.69, 9.17) is 0 Å². The minimum absolute atomic E-state index is 0.00689. The van der Waals surface area contributed by atoms with Crippen LogP contribution in [0.4, 0.5) is 0 Å². The highest BCUT2D eigenvalue weighted by atomic mass is 16.2. The Kier molecular flexibility index (Phi) is 6.16. The second kappa shape index (κ2) is 7.39. The number of hydrogen-bond acceptors (Lipinski definition) is 2. The van der Waals surface area contributed by atoms with Gasteiger partial charge in [0, 0.05) is 19.5 Å². The summed E-state index contributed by atoms with van der Waals surface area (Å²) in [7, 11) is 0. The van der Waals surface area contributed by atoms with Crippen molar-refractivity contribution in [2.75, 3.05) is 13.1 Å². The summed E-state index contributed by atoms with van der Waals surface area (Å²) in [6.07, 6.45) is 4.35. The Morgan fingerprint density at radius 2 is 2.06 bits per heavy atom. The van der Waals surface area contributed by atoms with E-state index >= 15 is 0 Å². The molecule has 0 aliphatic carbocycles. The largest absolute Gasteiger partial charge is 0.344 e. The van der Waals surface area contributed by atoms with E-state index in [1.54, 1.807) is 0 Å². The van der Waals surface area contributed by atoms with E-state index in [2.05, 4.69) is 19.2 Å². The zero-order chi connectivity index (χ0) is 13.5. The fourth-order valence-electron chi connectivity index (χ4n) is 2.52. The van der Waals surface area contributed by atoms with Crippen LogP contribution in [-0.4, -0.2) is 35.8 Å². The van der Waals surface area contributed by atoms with E-state index in [-0.39, 0.29) is 17.9 Å². The molecular formula is C14H26N2O2. The number of rotatable bonds is 6. The van der Waals surface area contributed by atoms with Crippen molar-refractivity contribution in [2.45, 2.75) is 58.9 Å². The van der Waals surface area contributed by atoms with Crippen molar-refractivity contribution in [1.29, 1.82) is 0 Å². The lowest BCUT2D eigenvalue weighted by Gasteiger charge is -2.26. The molecule has 0 saturated carbocycles. The van der Waals surface area contributed by atoms with Crippen molar-refractivity contribution in [3.05, 3.63) is 0 Å². The summed E-state index contributed by atoms with van der Waals surface area (Å²) >= 11 is 0. The first-order valence-corrected chi connectivity index (χ1v) is 7.16. The van der Waals surface area contributed by atoms with Crippen molar-refractivity contribution in [3.63, 3.8) is 0 Å². The molecule has 0 radical (unpaired) electrons. The third-order valence-electron chi connectivity index (χ3n) is 3.44. The first-order chi connectivity index (χ1) is 8.58. The molecule has 4 nitrogen and oxygen atoms in total. The predicted octanol–water partition coefficient (Wildman–Crippen LogP) is 1.94. The van der Waals surface area contributed by atoms with E-state index in [1.165, 1.54) is 0 Å². The summed E-state index contributed by atoms with van der Waals surface area (Å²) in [5.41, 5.74) is 0. The number of carbonyl (C=O) groups is 2. The zero-order valence-electron chi connectivity index (χ0n) is 11.9. The van der Waals surface area contributed by atoms with Gasteiger partial charge < -0.3 is 10.2 Å². The molecular weight excluding hydrogens is 228 g/mol. The predicted molar refractivity (Wildman–Crippen MR) is 72.1 cm³/mol. The molecule has 1 N–H and O–H groups in total. The fraction of sp³-hybridized carbons (Fsp3) is 0.857. The molecule has 2 unspecified atom stereocenters. The molecule has 104 valence electrons. The molecule has 1 fully saturated rings. The average molecular weight is 254 g/mol. The van der Waals surface area contributed by atoms with Gasteiger partial charge in [0.2, 0.25) is 11.8 Å². The van der Waals surface area contributed by atoms with Gasteiger partial charge in [-0.15, -0.1) is 0 Å². The van der Waals surface area contributed by atoms with Crippen LogP contribution in [0.1, 0.15) is 52.9 Å². The van der Waals surface area contributed by atoms with Crippen LogP contribution in [0.25, 0.3) is 0 Å². The van der Waals surface area contributed by atoms with Crippen LogP contribution in [0.2, 0.25) is 0 Å². The Morgan fingerprint density at radius 1 is 1.33 bits per heavy atom. The van der Waals surface area contributed by atoms with Crippen LogP contribution < -0.4 is 5.32 Å². The number of hydrogen-bond donors (Lipinski definition) is 1. The lowest BCUT2D eigenvalue weighted by atomic mass is 10.0. The van der Waals surface area contributed by atoms with Gasteiger partial charge in [-0.1, -0.05) is 33.6 Å². The molecule has 1 heterocycles. The highest BCUT2D eigenvalue weighted by Gasteiger charge is 2.29. The third kappa shape index (κ3) is 4.31. The number of nitrogens with zero attached hydrogens (tertiary/aromatic N) is 1.